The largest absolute Gasteiger partial charge is 0.497 e. The number of piperazine rings is 1. The van der Waals surface area contributed by atoms with Gasteiger partial charge < -0.3 is 14.5 Å². The predicted octanol–water partition coefficient (Wildman–Crippen LogP) is 3.57. The summed E-state index contributed by atoms with van der Waals surface area (Å²) in [7, 11) is 1.69. The zero-order chi connectivity index (χ0) is 19.9. The summed E-state index contributed by atoms with van der Waals surface area (Å²) in [5.41, 5.74) is 3.41. The highest BCUT2D eigenvalue weighted by Crippen LogP contribution is 2.21. The van der Waals surface area contributed by atoms with E-state index in [0.717, 1.165) is 44.2 Å². The summed E-state index contributed by atoms with van der Waals surface area (Å²) in [6, 6.07) is 16.4. The molecule has 0 saturated carbocycles. The van der Waals surface area contributed by atoms with Gasteiger partial charge in [-0.1, -0.05) is 12.1 Å². The summed E-state index contributed by atoms with van der Waals surface area (Å²) in [4.78, 5) is 19.4. The van der Waals surface area contributed by atoms with Crippen LogP contribution in [0.4, 0.5) is 11.4 Å². The zero-order valence-electron chi connectivity index (χ0n) is 17.2. The van der Waals surface area contributed by atoms with Gasteiger partial charge in [0, 0.05) is 57.1 Å². The lowest BCUT2D eigenvalue weighted by Gasteiger charge is -2.36. The Morgan fingerprint density at radius 3 is 2.39 bits per heavy atom. The van der Waals surface area contributed by atoms with E-state index in [0.29, 0.717) is 13.0 Å². The second kappa shape index (κ2) is 9.60. The average Bonchev–Trinajstić information content (AvgIpc) is 2.73. The van der Waals surface area contributed by atoms with Crippen LogP contribution in [0.25, 0.3) is 0 Å². The van der Waals surface area contributed by atoms with E-state index >= 15 is 0 Å². The molecule has 28 heavy (non-hydrogen) atoms. The topological polar surface area (TPSA) is 36.0 Å². The Bertz CT molecular complexity index is 768. The van der Waals surface area contributed by atoms with Crippen LogP contribution in [0.3, 0.4) is 0 Å². The number of nitrogens with zero attached hydrogens (tertiary/aromatic N) is 3. The van der Waals surface area contributed by atoms with Crippen molar-refractivity contribution in [1.29, 1.82) is 0 Å². The minimum Gasteiger partial charge on any atom is -0.497 e. The number of benzene rings is 2. The molecule has 1 aliphatic rings. The molecule has 1 fully saturated rings. The number of ether oxygens (including phenoxy) is 1. The minimum atomic E-state index is 0.200. The van der Waals surface area contributed by atoms with E-state index in [-0.39, 0.29) is 5.91 Å². The number of rotatable bonds is 7. The number of methoxy groups -OCH3 is 1. The molecule has 5 nitrogen and oxygen atoms in total. The Hall–Kier alpha value is -2.53. The molecule has 1 amide bonds. The van der Waals surface area contributed by atoms with Crippen LogP contribution in [-0.4, -0.2) is 57.2 Å². The second-order valence-electron chi connectivity index (χ2n) is 7.25. The van der Waals surface area contributed by atoms with Crippen molar-refractivity contribution in [2.75, 3.05) is 56.2 Å². The fourth-order valence-electron chi connectivity index (χ4n) is 3.71. The normalized spacial score (nSPS) is 14.8. The molecule has 1 heterocycles. The van der Waals surface area contributed by atoms with Crippen molar-refractivity contribution in [3.63, 3.8) is 0 Å². The molecule has 0 N–H and O–H groups in total. The van der Waals surface area contributed by atoms with Gasteiger partial charge in [-0.05, 0) is 55.8 Å². The third kappa shape index (κ3) is 5.04. The van der Waals surface area contributed by atoms with Gasteiger partial charge >= 0.3 is 0 Å². The average molecular weight is 382 g/mol. The summed E-state index contributed by atoms with van der Waals surface area (Å²) in [6.07, 6.45) is 0.560. The highest BCUT2D eigenvalue weighted by Gasteiger charge is 2.20. The van der Waals surface area contributed by atoms with E-state index in [4.69, 9.17) is 4.74 Å². The summed E-state index contributed by atoms with van der Waals surface area (Å²) in [5, 5.41) is 0. The zero-order valence-corrected chi connectivity index (χ0v) is 17.2. The van der Waals surface area contributed by atoms with E-state index in [1.54, 1.807) is 7.11 Å². The van der Waals surface area contributed by atoms with Crippen LogP contribution in [0.2, 0.25) is 0 Å². The number of carbonyl (C=O) groups is 1. The number of aryl methyl sites for hydroxylation is 1. The summed E-state index contributed by atoms with van der Waals surface area (Å²) < 4.78 is 5.23. The Morgan fingerprint density at radius 2 is 1.79 bits per heavy atom. The molecule has 1 saturated heterocycles. The molecular formula is C23H31N3O2. The fourth-order valence-corrected chi connectivity index (χ4v) is 3.71. The summed E-state index contributed by atoms with van der Waals surface area (Å²) in [6.45, 7) is 9.54. The Labute approximate surface area is 168 Å². The molecule has 3 rings (SSSR count). The first kappa shape index (κ1) is 20.2. The lowest BCUT2D eigenvalue weighted by Crippen LogP contribution is -2.47. The van der Waals surface area contributed by atoms with E-state index in [1.807, 2.05) is 36.1 Å². The van der Waals surface area contributed by atoms with Crippen molar-refractivity contribution in [3.05, 3.63) is 54.1 Å². The SMILES string of the molecule is CCN(C(=O)CCN1CCN(c2ccc(OC)cc2)CC1)c1cccc(C)c1. The molecule has 5 heteroatoms. The maximum absolute atomic E-state index is 12.8. The molecule has 0 unspecified atom stereocenters. The molecule has 0 bridgehead atoms. The summed E-state index contributed by atoms with van der Waals surface area (Å²) in [5.74, 6) is 1.08. The van der Waals surface area contributed by atoms with Gasteiger partial charge in [0.25, 0.3) is 0 Å². The number of anilines is 2. The Morgan fingerprint density at radius 1 is 1.07 bits per heavy atom. The minimum absolute atomic E-state index is 0.200. The first-order valence-corrected chi connectivity index (χ1v) is 10.1. The molecule has 2 aromatic rings. The number of carbonyl (C=O) groups excluding carboxylic acids is 1. The third-order valence-corrected chi connectivity index (χ3v) is 5.38. The maximum atomic E-state index is 12.8. The van der Waals surface area contributed by atoms with Crippen LogP contribution in [0.5, 0.6) is 5.75 Å². The number of hydrogen-bond donors (Lipinski definition) is 0. The molecule has 150 valence electrons. The third-order valence-electron chi connectivity index (χ3n) is 5.38. The van der Waals surface area contributed by atoms with Crippen LogP contribution < -0.4 is 14.5 Å². The van der Waals surface area contributed by atoms with Gasteiger partial charge in [0.15, 0.2) is 0 Å². The fraction of sp³-hybridized carbons (Fsp3) is 0.435. The molecule has 0 atom stereocenters. The highest BCUT2D eigenvalue weighted by atomic mass is 16.5. The van der Waals surface area contributed by atoms with E-state index < -0.39 is 0 Å². The standard InChI is InChI=1S/C23H31N3O2/c1-4-26(21-7-5-6-19(2)18-21)23(27)12-13-24-14-16-25(17-15-24)20-8-10-22(28-3)11-9-20/h5-11,18H,4,12-17H2,1-3H3. The number of hydrogen-bond acceptors (Lipinski definition) is 4. The van der Waals surface area contributed by atoms with Crippen molar-refractivity contribution in [2.24, 2.45) is 0 Å². The van der Waals surface area contributed by atoms with Gasteiger partial charge in [-0.25, -0.2) is 0 Å². The van der Waals surface area contributed by atoms with Gasteiger partial charge in [-0.15, -0.1) is 0 Å². The van der Waals surface area contributed by atoms with Crippen LogP contribution in [-0.2, 0) is 4.79 Å². The van der Waals surface area contributed by atoms with Crippen molar-refractivity contribution in [3.8, 4) is 5.75 Å². The van der Waals surface area contributed by atoms with Gasteiger partial charge in [0.05, 0.1) is 7.11 Å². The van der Waals surface area contributed by atoms with Crippen molar-refractivity contribution >= 4 is 17.3 Å². The molecule has 0 aliphatic carbocycles. The highest BCUT2D eigenvalue weighted by molar-refractivity contribution is 5.93. The smallest absolute Gasteiger partial charge is 0.228 e. The van der Waals surface area contributed by atoms with Gasteiger partial charge in [-0.2, -0.15) is 0 Å². The van der Waals surface area contributed by atoms with Crippen LogP contribution in [0.1, 0.15) is 18.9 Å². The van der Waals surface area contributed by atoms with E-state index in [9.17, 15) is 4.79 Å². The van der Waals surface area contributed by atoms with E-state index in [2.05, 4.69) is 41.0 Å². The molecule has 1 aliphatic heterocycles. The van der Waals surface area contributed by atoms with Gasteiger partial charge in [0.2, 0.25) is 5.91 Å². The van der Waals surface area contributed by atoms with Gasteiger partial charge in [-0.3, -0.25) is 9.69 Å². The predicted molar refractivity (Wildman–Crippen MR) is 115 cm³/mol. The quantitative estimate of drug-likeness (QED) is 0.735. The van der Waals surface area contributed by atoms with Crippen molar-refractivity contribution in [2.45, 2.75) is 20.3 Å². The number of amides is 1. The van der Waals surface area contributed by atoms with Crippen molar-refractivity contribution < 1.29 is 9.53 Å². The van der Waals surface area contributed by atoms with Crippen LogP contribution >= 0.6 is 0 Å². The maximum Gasteiger partial charge on any atom is 0.228 e. The molecule has 0 aromatic heterocycles. The second-order valence-corrected chi connectivity index (χ2v) is 7.25. The lowest BCUT2D eigenvalue weighted by molar-refractivity contribution is -0.118. The van der Waals surface area contributed by atoms with Crippen LogP contribution in [0.15, 0.2) is 48.5 Å². The van der Waals surface area contributed by atoms with Crippen molar-refractivity contribution in [1.82, 2.24) is 4.90 Å². The lowest BCUT2D eigenvalue weighted by atomic mass is 10.2. The summed E-state index contributed by atoms with van der Waals surface area (Å²) >= 11 is 0. The molecule has 0 radical (unpaired) electrons. The Kier molecular flexibility index (Phi) is 6.93. The first-order valence-electron chi connectivity index (χ1n) is 10.1. The van der Waals surface area contributed by atoms with Gasteiger partial charge in [0.1, 0.15) is 5.75 Å². The first-order chi connectivity index (χ1) is 13.6. The molecule has 2 aromatic carbocycles. The van der Waals surface area contributed by atoms with Crippen LogP contribution in [0, 0.1) is 6.92 Å². The monoisotopic (exact) mass is 381 g/mol. The Balaban J connectivity index is 1.48. The molecule has 0 spiro atoms. The molecular weight excluding hydrogens is 350 g/mol. The van der Waals surface area contributed by atoms with E-state index in [1.165, 1.54) is 11.3 Å².